The highest BCUT2D eigenvalue weighted by Crippen LogP contribution is 2.22. The molecular weight excluding hydrogens is 476 g/mol. The van der Waals surface area contributed by atoms with Crippen molar-refractivity contribution < 1.29 is 28.7 Å². The number of urea groups is 1. The molecule has 0 aromatic heterocycles. The van der Waals surface area contributed by atoms with Gasteiger partial charge < -0.3 is 25.0 Å². The van der Waals surface area contributed by atoms with Crippen molar-refractivity contribution in [2.45, 2.75) is 12.6 Å². The minimum atomic E-state index is -1.04. The second-order valence-electron chi connectivity index (χ2n) is 8.26. The molecule has 1 heterocycles. The number of hydrogen-bond acceptors (Lipinski definition) is 6. The van der Waals surface area contributed by atoms with Crippen LogP contribution < -0.4 is 20.7 Å². The first-order valence-corrected chi connectivity index (χ1v) is 11.6. The SMILES string of the molecule is O=C1CN(CC(=O)NC(COCc2ccccc2)C(=O)Nc2ccc(Oc3ccccc3)cc2)C(=O)N1. The average Bonchev–Trinajstić information content (AvgIpc) is 3.21. The van der Waals surface area contributed by atoms with Crippen LogP contribution in [0.25, 0.3) is 0 Å². The fourth-order valence-corrected chi connectivity index (χ4v) is 3.54. The van der Waals surface area contributed by atoms with Crippen LogP contribution in [0.3, 0.4) is 0 Å². The van der Waals surface area contributed by atoms with Crippen molar-refractivity contribution in [3.8, 4) is 11.5 Å². The van der Waals surface area contributed by atoms with E-state index < -0.39 is 29.8 Å². The van der Waals surface area contributed by atoms with Gasteiger partial charge in [-0.15, -0.1) is 0 Å². The Kier molecular flexibility index (Phi) is 8.45. The molecule has 1 aliphatic heterocycles. The minimum absolute atomic E-state index is 0.104. The fourth-order valence-electron chi connectivity index (χ4n) is 3.54. The van der Waals surface area contributed by atoms with Crippen molar-refractivity contribution in [1.29, 1.82) is 0 Å². The van der Waals surface area contributed by atoms with Crippen LogP contribution in [-0.4, -0.2) is 54.4 Å². The number of rotatable bonds is 11. The van der Waals surface area contributed by atoms with Crippen LogP contribution in [0.5, 0.6) is 11.5 Å². The molecule has 0 saturated carbocycles. The molecule has 5 amide bonds. The minimum Gasteiger partial charge on any atom is -0.457 e. The first-order valence-electron chi connectivity index (χ1n) is 11.6. The van der Waals surface area contributed by atoms with Crippen molar-refractivity contribution >= 4 is 29.4 Å². The van der Waals surface area contributed by atoms with Crippen LogP contribution in [-0.2, 0) is 25.7 Å². The second-order valence-corrected chi connectivity index (χ2v) is 8.26. The molecular formula is C27H26N4O6. The lowest BCUT2D eigenvalue weighted by Gasteiger charge is -2.20. The molecule has 3 aromatic carbocycles. The summed E-state index contributed by atoms with van der Waals surface area (Å²) in [7, 11) is 0. The van der Waals surface area contributed by atoms with Crippen molar-refractivity contribution in [2.75, 3.05) is 25.0 Å². The predicted octanol–water partition coefficient (Wildman–Crippen LogP) is 2.67. The summed E-state index contributed by atoms with van der Waals surface area (Å²) in [5.41, 5.74) is 1.41. The zero-order valence-electron chi connectivity index (χ0n) is 19.9. The molecule has 3 aromatic rings. The van der Waals surface area contributed by atoms with Crippen LogP contribution in [0.15, 0.2) is 84.9 Å². The number of para-hydroxylation sites is 1. The molecule has 0 spiro atoms. The summed E-state index contributed by atoms with van der Waals surface area (Å²) in [4.78, 5) is 49.8. The van der Waals surface area contributed by atoms with Gasteiger partial charge in [-0.3, -0.25) is 19.7 Å². The number of anilines is 1. The first-order chi connectivity index (χ1) is 18.0. The van der Waals surface area contributed by atoms with Crippen LogP contribution in [0.4, 0.5) is 10.5 Å². The number of amides is 5. The zero-order chi connectivity index (χ0) is 26.0. The monoisotopic (exact) mass is 502 g/mol. The smallest absolute Gasteiger partial charge is 0.325 e. The maximum Gasteiger partial charge on any atom is 0.325 e. The Balaban J connectivity index is 1.37. The lowest BCUT2D eigenvalue weighted by atomic mass is 10.2. The zero-order valence-corrected chi connectivity index (χ0v) is 19.9. The maximum absolute atomic E-state index is 13.0. The van der Waals surface area contributed by atoms with Gasteiger partial charge in [0.1, 0.15) is 30.6 Å². The Bertz CT molecular complexity index is 1230. The summed E-state index contributed by atoms with van der Waals surface area (Å²) in [6.07, 6.45) is 0. The molecule has 1 atom stereocenters. The predicted molar refractivity (Wildman–Crippen MR) is 135 cm³/mol. The molecule has 1 saturated heterocycles. The molecule has 37 heavy (non-hydrogen) atoms. The highest BCUT2D eigenvalue weighted by Gasteiger charge is 2.30. The van der Waals surface area contributed by atoms with E-state index in [1.54, 1.807) is 24.3 Å². The van der Waals surface area contributed by atoms with Gasteiger partial charge >= 0.3 is 6.03 Å². The highest BCUT2D eigenvalue weighted by atomic mass is 16.5. The number of carbonyl (C=O) groups excluding carboxylic acids is 4. The number of hydrogen-bond donors (Lipinski definition) is 3. The summed E-state index contributed by atoms with van der Waals surface area (Å²) >= 11 is 0. The molecule has 0 bridgehead atoms. The number of benzene rings is 3. The van der Waals surface area contributed by atoms with E-state index in [0.717, 1.165) is 10.5 Å². The Hall–Kier alpha value is -4.70. The Morgan fingerprint density at radius 2 is 1.54 bits per heavy atom. The van der Waals surface area contributed by atoms with E-state index in [0.29, 0.717) is 17.2 Å². The maximum atomic E-state index is 13.0. The van der Waals surface area contributed by atoms with Gasteiger partial charge in [-0.2, -0.15) is 0 Å². The molecule has 0 radical (unpaired) electrons. The van der Waals surface area contributed by atoms with E-state index >= 15 is 0 Å². The summed E-state index contributed by atoms with van der Waals surface area (Å²) in [6.45, 7) is -0.446. The largest absolute Gasteiger partial charge is 0.457 e. The number of imide groups is 1. The third kappa shape index (κ3) is 7.64. The van der Waals surface area contributed by atoms with Crippen molar-refractivity contribution in [1.82, 2.24) is 15.5 Å². The number of ether oxygens (including phenoxy) is 2. The molecule has 190 valence electrons. The lowest BCUT2D eigenvalue weighted by Crippen LogP contribution is -2.50. The Morgan fingerprint density at radius 1 is 0.892 bits per heavy atom. The van der Waals surface area contributed by atoms with Gasteiger partial charge in [0.2, 0.25) is 17.7 Å². The molecule has 1 fully saturated rings. The van der Waals surface area contributed by atoms with Gasteiger partial charge in [-0.25, -0.2) is 4.79 Å². The second kappa shape index (κ2) is 12.3. The summed E-state index contributed by atoms with van der Waals surface area (Å²) in [6, 6.07) is 23.8. The summed E-state index contributed by atoms with van der Waals surface area (Å²) in [5.74, 6) is -0.303. The lowest BCUT2D eigenvalue weighted by molar-refractivity contribution is -0.128. The quantitative estimate of drug-likeness (QED) is 0.346. The van der Waals surface area contributed by atoms with E-state index in [-0.39, 0.29) is 26.3 Å². The molecule has 4 rings (SSSR count). The van der Waals surface area contributed by atoms with Crippen LogP contribution in [0.2, 0.25) is 0 Å². The normalized spacial score (nSPS) is 13.6. The van der Waals surface area contributed by atoms with Gasteiger partial charge in [0.15, 0.2) is 0 Å². The van der Waals surface area contributed by atoms with Gasteiger partial charge in [0.25, 0.3) is 0 Å². The first kappa shape index (κ1) is 25.4. The molecule has 1 unspecified atom stereocenters. The van der Waals surface area contributed by atoms with E-state index in [9.17, 15) is 19.2 Å². The van der Waals surface area contributed by atoms with Gasteiger partial charge in [0, 0.05) is 5.69 Å². The standard InChI is InChI=1S/C27H26N4O6/c32-24(15-31-16-25(33)30-27(31)35)29-23(18-36-17-19-7-3-1-4-8-19)26(34)28-20-11-13-22(14-12-20)37-21-9-5-2-6-10-21/h1-14,23H,15-18H2,(H,28,34)(H,29,32)(H,30,33,35). The van der Waals surface area contributed by atoms with Crippen molar-refractivity contribution in [2.24, 2.45) is 0 Å². The summed E-state index contributed by atoms with van der Waals surface area (Å²) < 4.78 is 11.5. The van der Waals surface area contributed by atoms with E-state index in [4.69, 9.17) is 9.47 Å². The van der Waals surface area contributed by atoms with Crippen molar-refractivity contribution in [3.05, 3.63) is 90.5 Å². The van der Waals surface area contributed by atoms with E-state index in [2.05, 4.69) is 16.0 Å². The number of carbonyl (C=O) groups is 4. The molecule has 10 nitrogen and oxygen atoms in total. The number of nitrogens with one attached hydrogen (secondary N) is 3. The molecule has 3 N–H and O–H groups in total. The third-order valence-electron chi connectivity index (χ3n) is 5.35. The van der Waals surface area contributed by atoms with Crippen LogP contribution in [0.1, 0.15) is 5.56 Å². The Labute approximate surface area is 213 Å². The average molecular weight is 503 g/mol. The van der Waals surface area contributed by atoms with Gasteiger partial charge in [-0.05, 0) is 42.0 Å². The highest BCUT2D eigenvalue weighted by molar-refractivity contribution is 6.03. The van der Waals surface area contributed by atoms with Gasteiger partial charge in [0.05, 0.1) is 13.2 Å². The third-order valence-corrected chi connectivity index (χ3v) is 5.35. The van der Waals surface area contributed by atoms with Crippen LogP contribution in [0, 0.1) is 0 Å². The van der Waals surface area contributed by atoms with E-state index in [1.807, 2.05) is 60.7 Å². The Morgan fingerprint density at radius 3 is 2.19 bits per heavy atom. The van der Waals surface area contributed by atoms with Crippen molar-refractivity contribution in [3.63, 3.8) is 0 Å². The number of nitrogens with zero attached hydrogens (tertiary/aromatic N) is 1. The summed E-state index contributed by atoms with van der Waals surface area (Å²) in [5, 5.41) is 7.46. The molecule has 10 heteroatoms. The molecule has 0 aliphatic carbocycles. The fraction of sp³-hybridized carbons (Fsp3) is 0.185. The van der Waals surface area contributed by atoms with Crippen LogP contribution >= 0.6 is 0 Å². The molecule has 1 aliphatic rings. The van der Waals surface area contributed by atoms with E-state index in [1.165, 1.54) is 0 Å². The van der Waals surface area contributed by atoms with Gasteiger partial charge in [-0.1, -0.05) is 48.5 Å². The topological polar surface area (TPSA) is 126 Å².